The van der Waals surface area contributed by atoms with Crippen LogP contribution < -0.4 is 15.7 Å². The van der Waals surface area contributed by atoms with Crippen molar-refractivity contribution in [2.24, 2.45) is 0 Å². The molecule has 0 atom stereocenters. The summed E-state index contributed by atoms with van der Waals surface area (Å²) in [5, 5.41) is 3.93. The summed E-state index contributed by atoms with van der Waals surface area (Å²) in [4.78, 5) is 4.58. The van der Waals surface area contributed by atoms with E-state index < -0.39 is 8.80 Å². The van der Waals surface area contributed by atoms with Crippen molar-refractivity contribution in [3.8, 4) is 0 Å². The quantitative estimate of drug-likeness (QED) is 0.652. The Morgan fingerprint density at radius 2 is 1.11 bits per heavy atom. The van der Waals surface area contributed by atoms with E-state index in [1.165, 1.54) is 15.7 Å². The highest BCUT2D eigenvalue weighted by atomic mass is 28.3. The van der Waals surface area contributed by atoms with Gasteiger partial charge in [-0.1, -0.05) is 66.7 Å². The summed E-state index contributed by atoms with van der Waals surface area (Å²) < 4.78 is 0. The second-order valence-electron chi connectivity index (χ2n) is 4.32. The van der Waals surface area contributed by atoms with Gasteiger partial charge in [-0.2, -0.15) is 0 Å². The second kappa shape index (κ2) is 5.63. The van der Waals surface area contributed by atoms with Crippen LogP contribution >= 0.6 is 0 Å². The van der Waals surface area contributed by atoms with E-state index >= 15 is 0 Å². The minimum Gasteiger partial charge on any atom is -0.265 e. The third-order valence-corrected chi connectivity index (χ3v) is 5.68. The number of hydrogen-bond acceptors (Lipinski definition) is 1. The van der Waals surface area contributed by atoms with Gasteiger partial charge in [0.25, 0.3) is 0 Å². The van der Waals surface area contributed by atoms with Crippen molar-refractivity contribution in [3.63, 3.8) is 0 Å². The van der Waals surface area contributed by atoms with Gasteiger partial charge in [0.2, 0.25) is 0 Å². The third-order valence-electron chi connectivity index (χ3n) is 3.05. The molecule has 0 unspecified atom stereocenters. The van der Waals surface area contributed by atoms with E-state index in [9.17, 15) is 0 Å². The monoisotopic (exact) mass is 260 g/mol. The predicted molar refractivity (Wildman–Crippen MR) is 81.8 cm³/mol. The summed E-state index contributed by atoms with van der Waals surface area (Å²) >= 11 is 0. The Morgan fingerprint density at radius 1 is 0.579 bits per heavy atom. The highest BCUT2D eigenvalue weighted by molar-refractivity contribution is 6.95. The summed E-state index contributed by atoms with van der Waals surface area (Å²) in [7, 11) is -0.988. The zero-order valence-electron chi connectivity index (χ0n) is 10.5. The maximum absolute atomic E-state index is 4.58. The van der Waals surface area contributed by atoms with Crippen LogP contribution in [-0.2, 0) is 0 Å². The topological polar surface area (TPSA) is 12.9 Å². The number of nitrogens with zero attached hydrogens (tertiary/aromatic N) is 1. The van der Waals surface area contributed by atoms with Gasteiger partial charge in [-0.15, -0.1) is 0 Å². The molecule has 3 rings (SSSR count). The highest BCUT2D eigenvalue weighted by Gasteiger charge is 2.19. The van der Waals surface area contributed by atoms with Gasteiger partial charge in [0.15, 0.2) is 8.80 Å². The molecule has 0 saturated heterocycles. The Labute approximate surface area is 115 Å². The van der Waals surface area contributed by atoms with Gasteiger partial charge in [-0.3, -0.25) is 4.98 Å². The van der Waals surface area contributed by atoms with Gasteiger partial charge in [0.1, 0.15) is 0 Å². The van der Waals surface area contributed by atoms with Gasteiger partial charge >= 0.3 is 0 Å². The third kappa shape index (κ3) is 2.64. The lowest BCUT2D eigenvalue weighted by Gasteiger charge is -2.15. The summed E-state index contributed by atoms with van der Waals surface area (Å²) in [6.07, 6.45) is 1.88. The molecule has 0 spiro atoms. The van der Waals surface area contributed by atoms with Crippen molar-refractivity contribution in [3.05, 3.63) is 85.1 Å². The molecule has 91 valence electrons. The minimum absolute atomic E-state index is 0.988. The van der Waals surface area contributed by atoms with Gasteiger partial charge < -0.3 is 0 Å². The van der Waals surface area contributed by atoms with Gasteiger partial charge in [0, 0.05) is 11.5 Å². The molecule has 0 fully saturated rings. The zero-order valence-corrected chi connectivity index (χ0v) is 11.5. The van der Waals surface area contributed by atoms with Gasteiger partial charge in [-0.05, 0) is 22.5 Å². The predicted octanol–water partition coefficient (Wildman–Crippen LogP) is 1.60. The Balaban J connectivity index is 2.12. The van der Waals surface area contributed by atoms with Crippen molar-refractivity contribution in [1.29, 1.82) is 0 Å². The van der Waals surface area contributed by atoms with Gasteiger partial charge in [0.05, 0.1) is 0 Å². The SMILES string of the molecule is c1ccc([Si](c2ccccc2)c2ccccn2)cc1. The number of rotatable bonds is 3. The summed E-state index contributed by atoms with van der Waals surface area (Å²) in [6, 6.07) is 27.5. The Kier molecular flexibility index (Phi) is 3.52. The van der Waals surface area contributed by atoms with Crippen LogP contribution in [0.15, 0.2) is 85.1 Å². The van der Waals surface area contributed by atoms with Crippen LogP contribution in [0.5, 0.6) is 0 Å². The Hall–Kier alpha value is -2.19. The maximum Gasteiger partial charge on any atom is 0.179 e. The second-order valence-corrected chi connectivity index (χ2v) is 6.74. The number of pyridine rings is 1. The number of benzene rings is 2. The summed E-state index contributed by atoms with van der Waals surface area (Å²) in [5.74, 6) is 0. The van der Waals surface area contributed by atoms with Crippen LogP contribution in [0.25, 0.3) is 0 Å². The first-order valence-electron chi connectivity index (χ1n) is 6.34. The molecular weight excluding hydrogens is 246 g/mol. The minimum atomic E-state index is -0.988. The van der Waals surface area contributed by atoms with Crippen LogP contribution in [0, 0.1) is 0 Å². The molecule has 1 aromatic heterocycles. The van der Waals surface area contributed by atoms with Crippen LogP contribution in [-0.4, -0.2) is 13.8 Å². The molecule has 2 aromatic carbocycles. The van der Waals surface area contributed by atoms with Crippen LogP contribution in [0.4, 0.5) is 0 Å². The fourth-order valence-electron chi connectivity index (χ4n) is 2.18. The summed E-state index contributed by atoms with van der Waals surface area (Å²) in [5.41, 5.74) is 0. The van der Waals surface area contributed by atoms with Crippen molar-refractivity contribution in [1.82, 2.24) is 4.98 Å². The molecule has 1 nitrogen and oxygen atoms in total. The first-order chi connectivity index (χ1) is 9.45. The average molecular weight is 260 g/mol. The Morgan fingerprint density at radius 3 is 1.58 bits per heavy atom. The van der Waals surface area contributed by atoms with Crippen molar-refractivity contribution < 1.29 is 0 Å². The van der Waals surface area contributed by atoms with Crippen molar-refractivity contribution >= 4 is 24.5 Å². The van der Waals surface area contributed by atoms with E-state index in [1.807, 2.05) is 12.3 Å². The average Bonchev–Trinajstić information content (AvgIpc) is 2.51. The van der Waals surface area contributed by atoms with E-state index in [1.54, 1.807) is 0 Å². The molecule has 0 bridgehead atoms. The fourth-order valence-corrected chi connectivity index (χ4v) is 4.63. The molecule has 0 aliphatic carbocycles. The number of hydrogen-bond donors (Lipinski definition) is 0. The van der Waals surface area contributed by atoms with E-state index in [0.717, 1.165) is 0 Å². The molecule has 0 amide bonds. The smallest absolute Gasteiger partial charge is 0.179 e. The van der Waals surface area contributed by atoms with E-state index in [0.29, 0.717) is 0 Å². The molecule has 3 aromatic rings. The van der Waals surface area contributed by atoms with E-state index in [-0.39, 0.29) is 0 Å². The largest absolute Gasteiger partial charge is 0.265 e. The highest BCUT2D eigenvalue weighted by Crippen LogP contribution is 1.93. The lowest BCUT2D eigenvalue weighted by molar-refractivity contribution is 1.38. The normalized spacial score (nSPS) is 10.6. The molecule has 1 radical (unpaired) electrons. The zero-order chi connectivity index (χ0) is 12.9. The first-order valence-corrected chi connectivity index (χ1v) is 7.84. The fraction of sp³-hybridized carbons (Fsp3) is 0. The molecular formula is C17H14NSi. The molecule has 0 saturated carbocycles. The number of aromatic nitrogens is 1. The molecule has 2 heteroatoms. The van der Waals surface area contributed by atoms with Gasteiger partial charge in [-0.25, -0.2) is 0 Å². The van der Waals surface area contributed by atoms with Crippen molar-refractivity contribution in [2.75, 3.05) is 0 Å². The lowest BCUT2D eigenvalue weighted by atomic mass is 10.4. The standard InChI is InChI=1S/C17H14NSi/c1-3-9-15(10-4-1)19(16-11-5-2-6-12-16)17-13-7-8-14-18-17/h1-14H. The summed E-state index contributed by atoms with van der Waals surface area (Å²) in [6.45, 7) is 0. The van der Waals surface area contributed by atoms with Crippen molar-refractivity contribution in [2.45, 2.75) is 0 Å². The van der Waals surface area contributed by atoms with Crippen LogP contribution in [0.2, 0.25) is 0 Å². The lowest BCUT2D eigenvalue weighted by Crippen LogP contribution is -2.53. The van der Waals surface area contributed by atoms with E-state index in [4.69, 9.17) is 0 Å². The molecule has 0 N–H and O–H groups in total. The molecule has 1 heterocycles. The molecule has 0 aliphatic heterocycles. The molecule has 19 heavy (non-hydrogen) atoms. The maximum atomic E-state index is 4.58. The Bertz CT molecular complexity index is 529. The van der Waals surface area contributed by atoms with Crippen LogP contribution in [0.1, 0.15) is 0 Å². The van der Waals surface area contributed by atoms with Crippen LogP contribution in [0.3, 0.4) is 0 Å². The molecule has 0 aliphatic rings. The van der Waals surface area contributed by atoms with E-state index in [2.05, 4.69) is 77.8 Å². The first kappa shape index (κ1) is 11.9.